The second-order valence-electron chi connectivity index (χ2n) is 3.87. The summed E-state index contributed by atoms with van der Waals surface area (Å²) in [6, 6.07) is 2.51. The molecule has 1 aliphatic carbocycles. The Hall–Kier alpha value is -0.100. The van der Waals surface area contributed by atoms with Crippen LogP contribution in [0.1, 0.15) is 24.6 Å². The Balaban J connectivity index is 2.03. The zero-order valence-electron chi connectivity index (χ0n) is 8.75. The lowest BCUT2D eigenvalue weighted by molar-refractivity contribution is 0.373. The zero-order chi connectivity index (χ0) is 11.5. The minimum atomic E-state index is 0.0764. The monoisotopic (exact) mass is 348 g/mol. The van der Waals surface area contributed by atoms with Gasteiger partial charge in [0.15, 0.2) is 4.67 Å². The van der Waals surface area contributed by atoms with Crippen molar-refractivity contribution in [1.29, 1.82) is 0 Å². The van der Waals surface area contributed by atoms with Crippen LogP contribution in [0.2, 0.25) is 0 Å². The normalized spacial score (nSPS) is 18.2. The van der Waals surface area contributed by atoms with E-state index >= 15 is 0 Å². The molecule has 5 heteroatoms. The van der Waals surface area contributed by atoms with Gasteiger partial charge in [-0.15, -0.1) is 0 Å². The van der Waals surface area contributed by atoms with Crippen LogP contribution < -0.4 is 11.1 Å². The van der Waals surface area contributed by atoms with Gasteiger partial charge in [-0.25, -0.2) is 0 Å². The second kappa shape index (κ2) is 5.49. The molecule has 2 rings (SSSR count). The predicted octanol–water partition coefficient (Wildman–Crippen LogP) is 3.11. The minimum Gasteiger partial charge on any atom is -0.451 e. The van der Waals surface area contributed by atoms with Crippen LogP contribution in [0, 0.1) is 0 Å². The summed E-state index contributed by atoms with van der Waals surface area (Å²) in [6.07, 6.45) is 6.53. The second-order valence-corrected chi connectivity index (χ2v) is 5.44. The van der Waals surface area contributed by atoms with E-state index in [9.17, 15) is 0 Å². The molecule has 0 fully saturated rings. The highest BCUT2D eigenvalue weighted by Crippen LogP contribution is 2.30. The Morgan fingerprint density at radius 3 is 2.62 bits per heavy atom. The molecule has 0 aliphatic heterocycles. The summed E-state index contributed by atoms with van der Waals surface area (Å²) in [7, 11) is 0. The van der Waals surface area contributed by atoms with Crippen LogP contribution in [0.3, 0.4) is 0 Å². The molecule has 88 valence electrons. The van der Waals surface area contributed by atoms with Crippen molar-refractivity contribution < 1.29 is 4.42 Å². The Morgan fingerprint density at radius 1 is 1.44 bits per heavy atom. The van der Waals surface area contributed by atoms with Crippen LogP contribution in [-0.4, -0.2) is 12.6 Å². The van der Waals surface area contributed by atoms with E-state index in [2.05, 4.69) is 49.3 Å². The fourth-order valence-corrected chi connectivity index (χ4v) is 2.45. The van der Waals surface area contributed by atoms with Crippen LogP contribution in [0.5, 0.6) is 0 Å². The van der Waals surface area contributed by atoms with Crippen molar-refractivity contribution in [2.24, 2.45) is 5.73 Å². The summed E-state index contributed by atoms with van der Waals surface area (Å²) in [4.78, 5) is 0. The molecule has 1 aromatic heterocycles. The van der Waals surface area contributed by atoms with Gasteiger partial charge in [-0.2, -0.15) is 0 Å². The molecule has 1 aromatic rings. The first-order chi connectivity index (χ1) is 7.70. The van der Waals surface area contributed by atoms with E-state index in [0.29, 0.717) is 17.3 Å². The maximum Gasteiger partial charge on any atom is 0.183 e. The van der Waals surface area contributed by atoms with Crippen LogP contribution in [-0.2, 0) is 0 Å². The molecule has 1 atom stereocenters. The molecule has 0 amide bonds. The number of hydrogen-bond donors (Lipinski definition) is 2. The van der Waals surface area contributed by atoms with Crippen LogP contribution in [0.15, 0.2) is 31.8 Å². The van der Waals surface area contributed by atoms with E-state index in [1.165, 1.54) is 0 Å². The van der Waals surface area contributed by atoms with Gasteiger partial charge in [0, 0.05) is 12.6 Å². The molecule has 0 radical (unpaired) electrons. The molecular formula is C11H14Br2N2O. The van der Waals surface area contributed by atoms with E-state index in [1.54, 1.807) is 0 Å². The minimum absolute atomic E-state index is 0.0764. The largest absolute Gasteiger partial charge is 0.451 e. The molecular weight excluding hydrogens is 336 g/mol. The van der Waals surface area contributed by atoms with E-state index in [-0.39, 0.29) is 6.04 Å². The van der Waals surface area contributed by atoms with E-state index in [4.69, 9.17) is 10.2 Å². The molecule has 0 bridgehead atoms. The highest BCUT2D eigenvalue weighted by Gasteiger charge is 2.20. The first-order valence-corrected chi connectivity index (χ1v) is 6.85. The topological polar surface area (TPSA) is 51.2 Å². The average Bonchev–Trinajstić information content (AvgIpc) is 2.86. The van der Waals surface area contributed by atoms with E-state index in [0.717, 1.165) is 23.1 Å². The first kappa shape index (κ1) is 12.4. The molecule has 0 aromatic carbocycles. The van der Waals surface area contributed by atoms with Gasteiger partial charge < -0.3 is 15.5 Å². The number of halogens is 2. The van der Waals surface area contributed by atoms with Gasteiger partial charge in [0.05, 0.1) is 10.5 Å². The molecule has 1 heterocycles. The van der Waals surface area contributed by atoms with Crippen molar-refractivity contribution in [2.45, 2.75) is 24.9 Å². The number of nitrogens with two attached hydrogens (primary N) is 1. The van der Waals surface area contributed by atoms with Crippen molar-refractivity contribution in [1.82, 2.24) is 5.32 Å². The van der Waals surface area contributed by atoms with Crippen LogP contribution >= 0.6 is 31.9 Å². The van der Waals surface area contributed by atoms with Gasteiger partial charge in [-0.3, -0.25) is 0 Å². The Bertz CT molecular complexity index is 362. The number of hydrogen-bond acceptors (Lipinski definition) is 3. The highest BCUT2D eigenvalue weighted by molar-refractivity contribution is 9.13. The van der Waals surface area contributed by atoms with Crippen molar-refractivity contribution >= 4 is 31.9 Å². The molecule has 0 saturated carbocycles. The standard InChI is InChI=1S/C11H14Br2N2O/c12-8-5-10(16-11(8)13)9(6-14)15-7-3-1-2-4-7/h1-2,5,7,9,15H,3-4,6,14H2. The predicted molar refractivity (Wildman–Crippen MR) is 71.2 cm³/mol. The average molecular weight is 350 g/mol. The summed E-state index contributed by atoms with van der Waals surface area (Å²) in [5.74, 6) is 0.869. The summed E-state index contributed by atoms with van der Waals surface area (Å²) >= 11 is 6.74. The van der Waals surface area contributed by atoms with Gasteiger partial charge in [0.25, 0.3) is 0 Å². The SMILES string of the molecule is NCC(NC1CC=CC1)c1cc(Br)c(Br)o1. The number of nitrogens with one attached hydrogen (secondary N) is 1. The fourth-order valence-electron chi connectivity index (χ4n) is 1.84. The quantitative estimate of drug-likeness (QED) is 0.821. The number of furan rings is 1. The van der Waals surface area contributed by atoms with Crippen LogP contribution in [0.25, 0.3) is 0 Å². The van der Waals surface area contributed by atoms with Gasteiger partial charge in [0.2, 0.25) is 0 Å². The zero-order valence-corrected chi connectivity index (χ0v) is 11.9. The van der Waals surface area contributed by atoms with Crippen molar-refractivity contribution in [2.75, 3.05) is 6.54 Å². The van der Waals surface area contributed by atoms with Crippen molar-refractivity contribution in [3.05, 3.63) is 33.1 Å². The Labute approximate surface area is 112 Å². The molecule has 16 heavy (non-hydrogen) atoms. The van der Waals surface area contributed by atoms with Gasteiger partial charge in [0.1, 0.15) is 5.76 Å². The lowest BCUT2D eigenvalue weighted by Crippen LogP contribution is -2.35. The molecule has 0 spiro atoms. The summed E-state index contributed by atoms with van der Waals surface area (Å²) < 4.78 is 7.22. The van der Waals surface area contributed by atoms with Crippen molar-refractivity contribution in [3.63, 3.8) is 0 Å². The smallest absolute Gasteiger partial charge is 0.183 e. The Kier molecular flexibility index (Phi) is 4.24. The van der Waals surface area contributed by atoms with Crippen LogP contribution in [0.4, 0.5) is 0 Å². The summed E-state index contributed by atoms with van der Waals surface area (Å²) in [6.45, 7) is 0.531. The first-order valence-electron chi connectivity index (χ1n) is 5.26. The van der Waals surface area contributed by atoms with Gasteiger partial charge in [-0.05, 0) is 50.8 Å². The summed E-state index contributed by atoms with van der Waals surface area (Å²) in [5, 5.41) is 3.50. The molecule has 1 aliphatic rings. The molecule has 3 nitrogen and oxygen atoms in total. The lowest BCUT2D eigenvalue weighted by atomic mass is 10.1. The van der Waals surface area contributed by atoms with Crippen molar-refractivity contribution in [3.8, 4) is 0 Å². The molecule has 0 saturated heterocycles. The van der Waals surface area contributed by atoms with Gasteiger partial charge in [-0.1, -0.05) is 12.2 Å². The molecule has 3 N–H and O–H groups in total. The van der Waals surface area contributed by atoms with E-state index < -0.39 is 0 Å². The summed E-state index contributed by atoms with van der Waals surface area (Å²) in [5.41, 5.74) is 5.77. The number of rotatable bonds is 4. The third kappa shape index (κ3) is 2.77. The van der Waals surface area contributed by atoms with E-state index in [1.807, 2.05) is 6.07 Å². The third-order valence-electron chi connectivity index (χ3n) is 2.69. The maximum absolute atomic E-state index is 5.77. The lowest BCUT2D eigenvalue weighted by Gasteiger charge is -2.19. The molecule has 1 unspecified atom stereocenters. The Morgan fingerprint density at radius 2 is 2.12 bits per heavy atom. The van der Waals surface area contributed by atoms with Gasteiger partial charge >= 0.3 is 0 Å². The fraction of sp³-hybridized carbons (Fsp3) is 0.455. The highest BCUT2D eigenvalue weighted by atomic mass is 79.9. The third-order valence-corrected chi connectivity index (χ3v) is 4.40. The maximum atomic E-state index is 5.77.